The van der Waals surface area contributed by atoms with Crippen molar-refractivity contribution in [2.24, 2.45) is 11.3 Å². The number of amides is 2. The molecule has 5 heteroatoms. The number of aliphatic carboxylic acids is 1. The molecule has 0 saturated heterocycles. The predicted molar refractivity (Wildman–Crippen MR) is 85.7 cm³/mol. The smallest absolute Gasteiger partial charge is 0.315 e. The highest BCUT2D eigenvalue weighted by Gasteiger charge is 2.28. The highest BCUT2D eigenvalue weighted by molar-refractivity contribution is 5.74. The molecule has 3 N–H and O–H groups in total. The summed E-state index contributed by atoms with van der Waals surface area (Å²) in [7, 11) is 0. The lowest BCUT2D eigenvalue weighted by Gasteiger charge is -2.30. The SMILES string of the molecule is CC1(CNC(=O)NC2CCC(C(=O)O)CC2)CCCCCC1. The van der Waals surface area contributed by atoms with Gasteiger partial charge in [0.05, 0.1) is 5.92 Å². The van der Waals surface area contributed by atoms with E-state index in [1.54, 1.807) is 0 Å². The first-order chi connectivity index (χ1) is 10.5. The first-order valence-corrected chi connectivity index (χ1v) is 8.76. The molecule has 2 aliphatic rings. The van der Waals surface area contributed by atoms with Crippen LogP contribution in [0.25, 0.3) is 0 Å². The molecule has 0 atom stereocenters. The molecule has 0 spiro atoms. The van der Waals surface area contributed by atoms with Crippen molar-refractivity contribution in [3.05, 3.63) is 0 Å². The zero-order valence-corrected chi connectivity index (χ0v) is 13.7. The summed E-state index contributed by atoms with van der Waals surface area (Å²) in [4.78, 5) is 23.0. The Labute approximate surface area is 133 Å². The van der Waals surface area contributed by atoms with Crippen molar-refractivity contribution in [3.8, 4) is 0 Å². The van der Waals surface area contributed by atoms with Crippen LogP contribution in [0.4, 0.5) is 4.79 Å². The van der Waals surface area contributed by atoms with Crippen LogP contribution in [-0.2, 0) is 4.79 Å². The van der Waals surface area contributed by atoms with Crippen molar-refractivity contribution in [1.29, 1.82) is 0 Å². The van der Waals surface area contributed by atoms with Crippen LogP contribution < -0.4 is 10.6 Å². The molecule has 0 aromatic rings. The molecule has 0 bridgehead atoms. The minimum absolute atomic E-state index is 0.0933. The van der Waals surface area contributed by atoms with Crippen LogP contribution in [0.3, 0.4) is 0 Å². The van der Waals surface area contributed by atoms with Gasteiger partial charge in [0.25, 0.3) is 0 Å². The second kappa shape index (κ2) is 7.84. The molecule has 2 saturated carbocycles. The second-order valence-corrected chi connectivity index (χ2v) is 7.44. The van der Waals surface area contributed by atoms with Crippen LogP contribution >= 0.6 is 0 Å². The van der Waals surface area contributed by atoms with Gasteiger partial charge in [-0.1, -0.05) is 32.6 Å². The van der Waals surface area contributed by atoms with E-state index in [1.165, 1.54) is 38.5 Å². The molecule has 2 fully saturated rings. The maximum atomic E-state index is 12.1. The molecule has 0 radical (unpaired) electrons. The van der Waals surface area contributed by atoms with Crippen molar-refractivity contribution < 1.29 is 14.7 Å². The van der Waals surface area contributed by atoms with Crippen LogP contribution in [0, 0.1) is 11.3 Å². The Kier molecular flexibility index (Phi) is 6.09. The van der Waals surface area contributed by atoms with E-state index < -0.39 is 5.97 Å². The number of hydrogen-bond acceptors (Lipinski definition) is 2. The number of rotatable bonds is 4. The monoisotopic (exact) mass is 310 g/mol. The lowest BCUT2D eigenvalue weighted by molar-refractivity contribution is -0.142. The Morgan fingerprint density at radius 1 is 1.05 bits per heavy atom. The maximum Gasteiger partial charge on any atom is 0.315 e. The van der Waals surface area contributed by atoms with E-state index in [9.17, 15) is 9.59 Å². The molecule has 2 amide bonds. The average molecular weight is 310 g/mol. The largest absolute Gasteiger partial charge is 0.481 e. The van der Waals surface area contributed by atoms with Gasteiger partial charge >= 0.3 is 12.0 Å². The van der Waals surface area contributed by atoms with Gasteiger partial charge in [-0.15, -0.1) is 0 Å². The molecule has 126 valence electrons. The number of carbonyl (C=O) groups excluding carboxylic acids is 1. The molecule has 2 aliphatic carbocycles. The fourth-order valence-corrected chi connectivity index (χ4v) is 3.77. The predicted octanol–water partition coefficient (Wildman–Crippen LogP) is 3.29. The number of urea groups is 1. The van der Waals surface area contributed by atoms with Crippen LogP contribution in [0.15, 0.2) is 0 Å². The standard InChI is InChI=1S/C17H30N2O3/c1-17(10-4-2-3-5-11-17)12-18-16(22)19-14-8-6-13(7-9-14)15(20)21/h13-14H,2-12H2,1H3,(H,20,21)(H2,18,19,22). The third kappa shape index (κ3) is 5.18. The van der Waals surface area contributed by atoms with Gasteiger partial charge in [-0.05, 0) is 43.9 Å². The Morgan fingerprint density at radius 2 is 1.64 bits per heavy atom. The Morgan fingerprint density at radius 3 is 2.18 bits per heavy atom. The van der Waals surface area contributed by atoms with E-state index in [4.69, 9.17) is 5.11 Å². The highest BCUT2D eigenvalue weighted by atomic mass is 16.4. The zero-order valence-electron chi connectivity index (χ0n) is 13.7. The molecule has 0 aliphatic heterocycles. The number of carboxylic acid groups (broad SMARTS) is 1. The maximum absolute atomic E-state index is 12.1. The number of hydrogen-bond donors (Lipinski definition) is 3. The van der Waals surface area contributed by atoms with Gasteiger partial charge in [0.2, 0.25) is 0 Å². The topological polar surface area (TPSA) is 78.4 Å². The minimum Gasteiger partial charge on any atom is -0.481 e. The van der Waals surface area contributed by atoms with Crippen LogP contribution in [0.5, 0.6) is 0 Å². The zero-order chi connectivity index (χ0) is 16.0. The van der Waals surface area contributed by atoms with Crippen LogP contribution in [-0.4, -0.2) is 29.7 Å². The summed E-state index contributed by atoms with van der Waals surface area (Å²) in [6.45, 7) is 3.01. The Hall–Kier alpha value is -1.26. The highest BCUT2D eigenvalue weighted by Crippen LogP contribution is 2.33. The summed E-state index contributed by atoms with van der Waals surface area (Å²) in [5.41, 5.74) is 0.231. The Balaban J connectivity index is 1.68. The molecular weight excluding hydrogens is 280 g/mol. The van der Waals surface area contributed by atoms with Crippen molar-refractivity contribution in [2.45, 2.75) is 77.2 Å². The Bertz CT molecular complexity index is 381. The lowest BCUT2D eigenvalue weighted by Crippen LogP contribution is -2.46. The van der Waals surface area contributed by atoms with Crippen LogP contribution in [0.1, 0.15) is 71.1 Å². The van der Waals surface area contributed by atoms with Crippen molar-refractivity contribution >= 4 is 12.0 Å². The molecule has 0 aromatic heterocycles. The number of carboxylic acids is 1. The van der Waals surface area contributed by atoms with Crippen molar-refractivity contribution in [1.82, 2.24) is 10.6 Å². The van der Waals surface area contributed by atoms with Gasteiger partial charge < -0.3 is 15.7 Å². The first-order valence-electron chi connectivity index (χ1n) is 8.76. The first kappa shape index (κ1) is 17.1. The van der Waals surface area contributed by atoms with Crippen LogP contribution in [0.2, 0.25) is 0 Å². The summed E-state index contributed by atoms with van der Waals surface area (Å²) in [5.74, 6) is -0.935. The van der Waals surface area contributed by atoms with Crippen molar-refractivity contribution in [2.75, 3.05) is 6.54 Å². The summed E-state index contributed by atoms with van der Waals surface area (Å²) >= 11 is 0. The van der Waals surface area contributed by atoms with E-state index in [2.05, 4.69) is 17.6 Å². The molecule has 0 heterocycles. The van der Waals surface area contributed by atoms with E-state index in [0.29, 0.717) is 12.8 Å². The fraction of sp³-hybridized carbons (Fsp3) is 0.882. The van der Waals surface area contributed by atoms with Gasteiger partial charge in [0.1, 0.15) is 0 Å². The molecule has 0 aromatic carbocycles. The van der Waals surface area contributed by atoms with E-state index >= 15 is 0 Å². The number of carbonyl (C=O) groups is 2. The van der Waals surface area contributed by atoms with Gasteiger partial charge in [0, 0.05) is 12.6 Å². The molecule has 22 heavy (non-hydrogen) atoms. The van der Waals surface area contributed by atoms with Crippen molar-refractivity contribution in [3.63, 3.8) is 0 Å². The summed E-state index contributed by atoms with van der Waals surface area (Å²) in [6.07, 6.45) is 10.4. The van der Waals surface area contributed by atoms with Gasteiger partial charge in [-0.2, -0.15) is 0 Å². The third-order valence-electron chi connectivity index (χ3n) is 5.40. The third-order valence-corrected chi connectivity index (χ3v) is 5.40. The van der Waals surface area contributed by atoms with Gasteiger partial charge in [0.15, 0.2) is 0 Å². The summed E-state index contributed by atoms with van der Waals surface area (Å²) in [6, 6.07) is 0.0294. The lowest BCUT2D eigenvalue weighted by atomic mass is 9.82. The molecule has 5 nitrogen and oxygen atoms in total. The normalized spacial score (nSPS) is 28.4. The van der Waals surface area contributed by atoms with Gasteiger partial charge in [-0.3, -0.25) is 4.79 Å². The average Bonchev–Trinajstić information content (AvgIpc) is 2.71. The molecule has 2 rings (SSSR count). The quantitative estimate of drug-likeness (QED) is 0.697. The van der Waals surface area contributed by atoms with Gasteiger partial charge in [-0.25, -0.2) is 4.79 Å². The summed E-state index contributed by atoms with van der Waals surface area (Å²) in [5, 5.41) is 15.0. The van der Waals surface area contributed by atoms with E-state index in [-0.39, 0.29) is 23.4 Å². The van der Waals surface area contributed by atoms with E-state index in [1.807, 2.05) is 0 Å². The van der Waals surface area contributed by atoms with E-state index in [0.717, 1.165) is 19.4 Å². The number of nitrogens with one attached hydrogen (secondary N) is 2. The minimum atomic E-state index is -0.704. The summed E-state index contributed by atoms with van der Waals surface area (Å²) < 4.78 is 0. The fourth-order valence-electron chi connectivity index (χ4n) is 3.77. The molecule has 0 unspecified atom stereocenters. The molecular formula is C17H30N2O3. The second-order valence-electron chi connectivity index (χ2n) is 7.44.